The van der Waals surface area contributed by atoms with Crippen molar-refractivity contribution in [3.05, 3.63) is 192 Å². The van der Waals surface area contributed by atoms with Gasteiger partial charge in [-0.1, -0.05) is 156 Å². The number of furan rings is 2. The molecule has 0 aliphatic heterocycles. The highest BCUT2D eigenvalue weighted by Gasteiger charge is 2.29. The zero-order chi connectivity index (χ0) is 48.6. The lowest BCUT2D eigenvalue weighted by Gasteiger charge is -2.27. The van der Waals surface area contributed by atoms with Crippen LogP contribution in [0.1, 0.15) is 70.3 Å². The summed E-state index contributed by atoms with van der Waals surface area (Å²) >= 11 is 0. The average Bonchev–Trinajstić information content (AvgIpc) is 4.05. The predicted octanol–water partition coefficient (Wildman–Crippen LogP) is 17.2. The Morgan fingerprint density at radius 1 is 0.535 bits per heavy atom. The summed E-state index contributed by atoms with van der Waals surface area (Å²) in [6, 6.07) is 50.9. The summed E-state index contributed by atoms with van der Waals surface area (Å²) in [4.78, 5) is 16.0. The van der Waals surface area contributed by atoms with Gasteiger partial charge in [0.25, 0.3) is 0 Å². The van der Waals surface area contributed by atoms with Crippen LogP contribution in [0.25, 0.3) is 118 Å². The summed E-state index contributed by atoms with van der Waals surface area (Å²) in [7, 11) is 0. The van der Waals surface area contributed by atoms with Crippen molar-refractivity contribution in [3.8, 4) is 63.3 Å². The molecule has 0 saturated heterocycles. The predicted molar refractivity (Wildman–Crippen MR) is 294 cm³/mol. The Morgan fingerprint density at radius 3 is 1.89 bits per heavy atom. The molecule has 12 rings (SSSR count). The van der Waals surface area contributed by atoms with E-state index in [1.807, 2.05) is 66.7 Å². The van der Waals surface area contributed by atoms with Crippen LogP contribution in [0, 0.1) is 17.8 Å². The summed E-state index contributed by atoms with van der Waals surface area (Å²) in [5.41, 5.74) is 16.5. The van der Waals surface area contributed by atoms with Gasteiger partial charge in [-0.3, -0.25) is 0 Å². The molecule has 4 heterocycles. The van der Waals surface area contributed by atoms with E-state index in [0.717, 1.165) is 95.8 Å². The van der Waals surface area contributed by atoms with Gasteiger partial charge >= 0.3 is 0 Å². The number of para-hydroxylation sites is 2. The second-order valence-electron chi connectivity index (χ2n) is 20.7. The van der Waals surface area contributed by atoms with Gasteiger partial charge in [0.1, 0.15) is 22.3 Å². The first-order valence-corrected chi connectivity index (χ1v) is 24.4. The number of hydrogen-bond donors (Lipinski definition) is 0. The SMILES string of the molecule is C#C/C=C\C=C\c1cc(-c2nc(-c3ccc4c(c3)oc3ccccc34)nc(-c3ccc4oc5ccccc5c4c3)n2)cc(-c2ccccc2)c1-n1c2c(c3cc(C(C)(C)C)ccc31)C=C(C(C)(C)C)CC2. The molecule has 0 bridgehead atoms. The Kier molecular flexibility index (Phi) is 10.4. The third kappa shape index (κ3) is 7.75. The Morgan fingerprint density at radius 2 is 1.17 bits per heavy atom. The number of allylic oxidation sites excluding steroid dienone is 4. The van der Waals surface area contributed by atoms with Crippen molar-refractivity contribution < 1.29 is 8.83 Å². The Labute approximate surface area is 413 Å². The van der Waals surface area contributed by atoms with Crippen LogP contribution in [0.4, 0.5) is 0 Å². The maximum absolute atomic E-state index is 6.41. The molecule has 1 aliphatic rings. The molecule has 0 amide bonds. The number of rotatable bonds is 7. The van der Waals surface area contributed by atoms with Crippen LogP contribution in [0.2, 0.25) is 0 Å². The van der Waals surface area contributed by atoms with Crippen LogP contribution >= 0.6 is 0 Å². The molecule has 11 aromatic rings. The minimum absolute atomic E-state index is 0.0271. The molecule has 0 atom stereocenters. The molecule has 0 radical (unpaired) electrons. The summed E-state index contributed by atoms with van der Waals surface area (Å²) in [6.07, 6.45) is 17.9. The monoisotopic (exact) mass is 920 g/mol. The molecular formula is C65H52N4O2. The smallest absolute Gasteiger partial charge is 0.164 e. The molecular weight excluding hydrogens is 869 g/mol. The zero-order valence-electron chi connectivity index (χ0n) is 40.8. The number of fused-ring (bicyclic) bond motifs is 9. The quantitative estimate of drug-likeness (QED) is 0.118. The standard InChI is InChI=1S/C65H52N4O2/c1-8-9-10-12-21-41-34-44(36-50(40-19-13-11-14-20-40)60(41)69-54-31-28-45(64(2,3)4)38-51(54)52-39-46(65(5,6)7)29-32-55(52)69)63-67-61(42-27-33-58-53(35-42)48-23-16-18-25-57(48)70-58)66-62(68-63)43-26-30-49-47-22-15-17-24-56(47)71-59(49)37-43/h1,9-28,30-31,33-39H,29,32H2,2-7H3/b10-9-,21-12+. The number of terminal acetylenes is 1. The van der Waals surface area contributed by atoms with Gasteiger partial charge in [-0.05, 0) is 113 Å². The van der Waals surface area contributed by atoms with E-state index in [1.54, 1.807) is 6.08 Å². The second kappa shape index (κ2) is 16.9. The van der Waals surface area contributed by atoms with E-state index in [4.69, 9.17) is 30.2 Å². The van der Waals surface area contributed by atoms with Gasteiger partial charge in [-0.2, -0.15) is 0 Å². The lowest BCUT2D eigenvalue weighted by Crippen LogP contribution is -2.15. The maximum atomic E-state index is 6.41. The lowest BCUT2D eigenvalue weighted by atomic mass is 9.79. The summed E-state index contributed by atoms with van der Waals surface area (Å²) in [5, 5.41) is 5.39. The van der Waals surface area contributed by atoms with Crippen molar-refractivity contribution in [2.75, 3.05) is 0 Å². The molecule has 0 spiro atoms. The van der Waals surface area contributed by atoms with Gasteiger partial charge in [0.05, 0.1) is 11.2 Å². The normalized spacial score (nSPS) is 13.3. The van der Waals surface area contributed by atoms with E-state index < -0.39 is 0 Å². The molecule has 0 N–H and O–H groups in total. The second-order valence-corrected chi connectivity index (χ2v) is 20.7. The Bertz CT molecular complexity index is 4080. The number of benzene rings is 7. The van der Waals surface area contributed by atoms with E-state index in [0.29, 0.717) is 17.5 Å². The largest absolute Gasteiger partial charge is 0.456 e. The maximum Gasteiger partial charge on any atom is 0.164 e. The van der Waals surface area contributed by atoms with Gasteiger partial charge < -0.3 is 13.4 Å². The fourth-order valence-corrected chi connectivity index (χ4v) is 10.4. The molecule has 71 heavy (non-hydrogen) atoms. The van der Waals surface area contributed by atoms with Crippen LogP contribution in [-0.4, -0.2) is 19.5 Å². The molecule has 6 nitrogen and oxygen atoms in total. The summed E-state index contributed by atoms with van der Waals surface area (Å²) in [6.45, 7) is 13.9. The third-order valence-corrected chi connectivity index (χ3v) is 14.1. The fourth-order valence-electron chi connectivity index (χ4n) is 10.4. The van der Waals surface area contributed by atoms with Crippen LogP contribution in [0.5, 0.6) is 0 Å². The first-order valence-electron chi connectivity index (χ1n) is 24.4. The van der Waals surface area contributed by atoms with Gasteiger partial charge in [0.15, 0.2) is 17.5 Å². The number of hydrogen-bond acceptors (Lipinski definition) is 5. The fraction of sp³-hybridized carbons (Fsp3) is 0.154. The molecule has 344 valence electrons. The minimum Gasteiger partial charge on any atom is -0.456 e. The highest BCUT2D eigenvalue weighted by molar-refractivity contribution is 6.07. The first kappa shape index (κ1) is 43.7. The van der Waals surface area contributed by atoms with Crippen LogP contribution in [0.3, 0.4) is 0 Å². The van der Waals surface area contributed by atoms with E-state index in [9.17, 15) is 0 Å². The topological polar surface area (TPSA) is 69.9 Å². The van der Waals surface area contributed by atoms with E-state index in [-0.39, 0.29) is 10.8 Å². The van der Waals surface area contributed by atoms with Crippen molar-refractivity contribution in [2.24, 2.45) is 5.41 Å². The van der Waals surface area contributed by atoms with Crippen LogP contribution < -0.4 is 0 Å². The lowest BCUT2D eigenvalue weighted by molar-refractivity contribution is 0.483. The highest BCUT2D eigenvalue weighted by Crippen LogP contribution is 2.46. The van der Waals surface area contributed by atoms with Crippen LogP contribution in [-0.2, 0) is 11.8 Å². The summed E-state index contributed by atoms with van der Waals surface area (Å²) < 4.78 is 15.2. The molecule has 7 aromatic carbocycles. The van der Waals surface area contributed by atoms with Gasteiger partial charge in [0.2, 0.25) is 0 Å². The van der Waals surface area contributed by atoms with Gasteiger partial charge in [0, 0.05) is 60.4 Å². The highest BCUT2D eigenvalue weighted by atomic mass is 16.3. The molecule has 4 aromatic heterocycles. The minimum atomic E-state index is -0.0271. The molecule has 1 aliphatic carbocycles. The van der Waals surface area contributed by atoms with E-state index in [1.165, 1.54) is 33.3 Å². The average molecular weight is 921 g/mol. The Balaban J connectivity index is 1.14. The molecule has 0 saturated carbocycles. The molecule has 6 heteroatoms. The number of aromatic nitrogens is 4. The molecule has 0 fully saturated rings. The first-order chi connectivity index (χ1) is 34.4. The molecule has 0 unspecified atom stereocenters. The van der Waals surface area contributed by atoms with Crippen molar-refractivity contribution in [3.63, 3.8) is 0 Å². The number of nitrogens with zero attached hydrogens (tertiary/aromatic N) is 4. The third-order valence-electron chi connectivity index (χ3n) is 14.1. The Hall–Kier alpha value is -8.53. The van der Waals surface area contributed by atoms with Crippen molar-refractivity contribution >= 4 is 66.9 Å². The van der Waals surface area contributed by atoms with Gasteiger partial charge in [-0.25, -0.2) is 15.0 Å². The van der Waals surface area contributed by atoms with Crippen molar-refractivity contribution in [2.45, 2.75) is 59.8 Å². The summed E-state index contributed by atoms with van der Waals surface area (Å²) in [5.74, 6) is 4.28. The zero-order valence-corrected chi connectivity index (χ0v) is 40.8. The van der Waals surface area contributed by atoms with E-state index >= 15 is 0 Å². The van der Waals surface area contributed by atoms with Gasteiger partial charge in [-0.15, -0.1) is 6.42 Å². The van der Waals surface area contributed by atoms with Crippen LogP contribution in [0.15, 0.2) is 178 Å². The van der Waals surface area contributed by atoms with E-state index in [2.05, 4.69) is 155 Å². The van der Waals surface area contributed by atoms with Crippen molar-refractivity contribution in [1.29, 1.82) is 0 Å². The van der Waals surface area contributed by atoms with Crippen molar-refractivity contribution in [1.82, 2.24) is 19.5 Å².